The maximum Gasteiger partial charge on any atom is 0.194 e. The average Bonchev–Trinajstić information content (AvgIpc) is 2.31. The molecule has 0 radical (unpaired) electrons. The molecule has 0 N–H and O–H groups in total. The third-order valence-corrected chi connectivity index (χ3v) is 3.21. The lowest BCUT2D eigenvalue weighted by Crippen LogP contribution is -2.21. The minimum absolute atomic E-state index is 1.01. The summed E-state index contributed by atoms with van der Waals surface area (Å²) in [6.07, 6.45) is 0. The van der Waals surface area contributed by atoms with Gasteiger partial charge in [0.1, 0.15) is 12.1 Å². The Bertz CT molecular complexity index is 109. The van der Waals surface area contributed by atoms with Gasteiger partial charge >= 0.3 is 0 Å². The van der Waals surface area contributed by atoms with Crippen LogP contribution in [0.2, 0.25) is 0 Å². The van der Waals surface area contributed by atoms with Gasteiger partial charge in [-0.3, -0.25) is 4.48 Å². The number of hydrogen-bond donors (Lipinski definition) is 0. The van der Waals surface area contributed by atoms with E-state index in [1.807, 2.05) is 0 Å². The predicted molar refractivity (Wildman–Crippen MR) is 28.9 cm³/mol. The van der Waals surface area contributed by atoms with Crippen molar-refractivity contribution >= 4 is 0 Å². The first-order valence-corrected chi connectivity index (χ1v) is 3.04. The Labute approximate surface area is 44.5 Å². The molecule has 0 amide bonds. The van der Waals surface area contributed by atoms with Gasteiger partial charge in [0.15, 0.2) is 6.04 Å². The molecule has 40 valence electrons. The highest BCUT2D eigenvalue weighted by Crippen LogP contribution is 2.59. The lowest BCUT2D eigenvalue weighted by Gasteiger charge is -2.02. The molecule has 0 aromatic heterocycles. The van der Waals surface area contributed by atoms with Crippen molar-refractivity contribution < 1.29 is 4.48 Å². The molecule has 2 fully saturated rings. The van der Waals surface area contributed by atoms with E-state index in [2.05, 4.69) is 20.9 Å². The van der Waals surface area contributed by atoms with Crippen LogP contribution in [-0.2, 0) is 0 Å². The number of hydrogen-bond acceptors (Lipinski definition) is 0. The molecule has 7 heavy (non-hydrogen) atoms. The molecule has 2 heterocycles. The zero-order chi connectivity index (χ0) is 5.23. The second-order valence-corrected chi connectivity index (χ2v) is 3.19. The van der Waals surface area contributed by atoms with Crippen molar-refractivity contribution in [3.8, 4) is 0 Å². The van der Waals surface area contributed by atoms with Crippen molar-refractivity contribution in [1.29, 1.82) is 0 Å². The van der Waals surface area contributed by atoms with Gasteiger partial charge in [-0.2, -0.15) is 0 Å². The van der Waals surface area contributed by atoms with E-state index in [1.54, 1.807) is 0 Å². The van der Waals surface area contributed by atoms with Crippen LogP contribution in [0, 0.1) is 0 Å². The second kappa shape index (κ2) is 0.655. The maximum atomic E-state index is 2.35. The van der Waals surface area contributed by atoms with Crippen molar-refractivity contribution in [1.82, 2.24) is 0 Å². The standard InChI is InChI=1S/C6H12N/c1-4-6-5(2)7(4,6)3/h4-6H,1-3H3/q+1. The van der Waals surface area contributed by atoms with Crippen LogP contribution in [-0.4, -0.2) is 29.7 Å². The molecule has 0 aliphatic carbocycles. The van der Waals surface area contributed by atoms with E-state index >= 15 is 0 Å². The molecule has 2 saturated heterocycles. The average molecular weight is 98.2 g/mol. The Morgan fingerprint density at radius 2 is 1.43 bits per heavy atom. The Balaban J connectivity index is 2.17. The van der Waals surface area contributed by atoms with Gasteiger partial charge in [0, 0.05) is 0 Å². The molecule has 0 aromatic carbocycles. The van der Waals surface area contributed by atoms with E-state index in [9.17, 15) is 0 Å². The highest BCUT2D eigenvalue weighted by molar-refractivity contribution is 5.04. The fourth-order valence-electron chi connectivity index (χ4n) is 2.07. The van der Waals surface area contributed by atoms with Gasteiger partial charge in [0.2, 0.25) is 0 Å². The van der Waals surface area contributed by atoms with Crippen LogP contribution in [0.4, 0.5) is 0 Å². The maximum absolute atomic E-state index is 2.35. The molecule has 1 heteroatoms. The van der Waals surface area contributed by atoms with E-state index in [4.69, 9.17) is 0 Å². The van der Waals surface area contributed by atoms with Crippen LogP contribution in [0.3, 0.4) is 0 Å². The number of nitrogens with zero attached hydrogens (tertiary/aromatic N) is 1. The first-order valence-electron chi connectivity index (χ1n) is 3.04. The van der Waals surface area contributed by atoms with Gasteiger partial charge in [0.05, 0.1) is 7.05 Å². The van der Waals surface area contributed by atoms with E-state index in [-0.39, 0.29) is 0 Å². The quantitative estimate of drug-likeness (QED) is 0.307. The van der Waals surface area contributed by atoms with Crippen molar-refractivity contribution in [3.63, 3.8) is 0 Å². The van der Waals surface area contributed by atoms with Gasteiger partial charge in [-0.05, 0) is 13.8 Å². The first-order chi connectivity index (χ1) is 3.19. The third kappa shape index (κ3) is 0.194. The largest absolute Gasteiger partial charge is 0.299 e. The molecule has 2 aliphatic rings. The van der Waals surface area contributed by atoms with E-state index in [0.717, 1.165) is 18.1 Å². The Kier molecular flexibility index (Phi) is 0.365. The third-order valence-electron chi connectivity index (χ3n) is 3.21. The van der Waals surface area contributed by atoms with Crippen molar-refractivity contribution in [2.24, 2.45) is 0 Å². The Morgan fingerprint density at radius 1 is 1.14 bits per heavy atom. The highest BCUT2D eigenvalue weighted by Gasteiger charge is 2.84. The molecule has 2 unspecified atom stereocenters. The highest BCUT2D eigenvalue weighted by atomic mass is 15.7. The van der Waals surface area contributed by atoms with Gasteiger partial charge in [-0.25, -0.2) is 0 Å². The lowest BCUT2D eigenvalue weighted by molar-refractivity contribution is -0.713. The molecule has 2 atom stereocenters. The summed E-state index contributed by atoms with van der Waals surface area (Å²) in [5, 5.41) is 0. The normalized spacial score (nSPS) is 75.0. The molecular formula is C6H12N+. The lowest BCUT2D eigenvalue weighted by atomic mass is 10.2. The summed E-state index contributed by atoms with van der Waals surface area (Å²) >= 11 is 0. The monoisotopic (exact) mass is 98.1 g/mol. The van der Waals surface area contributed by atoms with E-state index in [0.29, 0.717) is 0 Å². The summed E-state index contributed by atoms with van der Waals surface area (Å²) in [6.45, 7) is 4.68. The zero-order valence-corrected chi connectivity index (χ0v) is 5.18. The minimum atomic E-state index is 1.01. The van der Waals surface area contributed by atoms with Gasteiger partial charge < -0.3 is 0 Å². The minimum Gasteiger partial charge on any atom is -0.299 e. The van der Waals surface area contributed by atoms with Gasteiger partial charge in [0.25, 0.3) is 0 Å². The summed E-state index contributed by atoms with van der Waals surface area (Å²) in [7, 11) is 2.35. The summed E-state index contributed by atoms with van der Waals surface area (Å²) in [4.78, 5) is 0. The van der Waals surface area contributed by atoms with Crippen LogP contribution in [0.25, 0.3) is 0 Å². The zero-order valence-electron chi connectivity index (χ0n) is 5.18. The smallest absolute Gasteiger partial charge is 0.194 e. The summed E-state index contributed by atoms with van der Waals surface area (Å²) in [6, 6.07) is 3.09. The van der Waals surface area contributed by atoms with E-state index in [1.165, 1.54) is 4.48 Å². The Morgan fingerprint density at radius 3 is 1.43 bits per heavy atom. The van der Waals surface area contributed by atoms with Crippen LogP contribution in [0.1, 0.15) is 13.8 Å². The summed E-state index contributed by atoms with van der Waals surface area (Å²) in [5.74, 6) is 0. The van der Waals surface area contributed by atoms with Gasteiger partial charge in [-0.1, -0.05) is 0 Å². The predicted octanol–water partition coefficient (Wildman–Crippen LogP) is 0.606. The van der Waals surface area contributed by atoms with Crippen LogP contribution >= 0.6 is 0 Å². The van der Waals surface area contributed by atoms with Crippen LogP contribution in [0.5, 0.6) is 0 Å². The fraction of sp³-hybridized carbons (Fsp3) is 1.00. The molecular weight excluding hydrogens is 86.1 g/mol. The second-order valence-electron chi connectivity index (χ2n) is 3.19. The molecule has 2 rings (SSSR count). The number of quaternary nitrogens is 1. The molecule has 0 aromatic rings. The number of fused-ring (bicyclic) bond motifs is 1. The molecule has 0 saturated carbocycles. The first kappa shape index (κ1) is 3.90. The van der Waals surface area contributed by atoms with Crippen molar-refractivity contribution in [2.45, 2.75) is 32.0 Å². The molecule has 2 aliphatic heterocycles. The molecule has 0 spiro atoms. The number of rotatable bonds is 0. The summed E-state index contributed by atoms with van der Waals surface area (Å²) in [5.41, 5.74) is 0. The van der Waals surface area contributed by atoms with Crippen LogP contribution < -0.4 is 0 Å². The topological polar surface area (TPSA) is 0 Å². The fourth-order valence-corrected chi connectivity index (χ4v) is 2.07. The van der Waals surface area contributed by atoms with E-state index < -0.39 is 0 Å². The number of likely N-dealkylation sites (N-methyl/N-ethyl adjacent to an activating group) is 1. The SMILES string of the molecule is CC1C2C(C)[N+]12C. The van der Waals surface area contributed by atoms with Crippen LogP contribution in [0.15, 0.2) is 0 Å². The van der Waals surface area contributed by atoms with Crippen molar-refractivity contribution in [2.75, 3.05) is 7.05 Å². The molecule has 0 bridgehead atoms. The molecule has 1 nitrogen and oxygen atoms in total. The van der Waals surface area contributed by atoms with Crippen molar-refractivity contribution in [3.05, 3.63) is 0 Å². The summed E-state index contributed by atoms with van der Waals surface area (Å²) < 4.78 is 1.39. The Hall–Kier alpha value is -0.0400. The van der Waals surface area contributed by atoms with Gasteiger partial charge in [-0.15, -0.1) is 0 Å².